The highest BCUT2D eigenvalue weighted by Gasteiger charge is 2.20. The van der Waals surface area contributed by atoms with Gasteiger partial charge in [0.2, 0.25) is 0 Å². The van der Waals surface area contributed by atoms with Crippen LogP contribution in [-0.2, 0) is 4.79 Å². The Hall–Kier alpha value is -1.82. The van der Waals surface area contributed by atoms with E-state index in [2.05, 4.69) is 4.98 Å². The van der Waals surface area contributed by atoms with Crippen LogP contribution in [0.2, 0.25) is 0 Å². The number of carbonyl (C=O) groups excluding carboxylic acids is 1. The van der Waals surface area contributed by atoms with Gasteiger partial charge in [-0.25, -0.2) is 0 Å². The number of aliphatic hydroxyl groups excluding tert-OH is 2. The Balaban J connectivity index is 1.91. The van der Waals surface area contributed by atoms with Crippen LogP contribution in [-0.4, -0.2) is 32.2 Å². The van der Waals surface area contributed by atoms with Crippen molar-refractivity contribution in [3.63, 3.8) is 0 Å². The smallest absolute Gasteiger partial charge is 0.185 e. The van der Waals surface area contributed by atoms with Gasteiger partial charge in [0.1, 0.15) is 6.10 Å². The van der Waals surface area contributed by atoms with Crippen molar-refractivity contribution in [3.05, 3.63) is 48.0 Å². The number of fused-ring (bicyclic) bond motifs is 3. The topological polar surface area (TPSA) is 73.3 Å². The SMILES string of the molecule is CC(=O)SCC(O)C(O)c1ccc2c(c1)[nH]c1ccccc12. The molecule has 2 aromatic carbocycles. The number of para-hydroxylation sites is 1. The molecule has 0 aliphatic carbocycles. The van der Waals surface area contributed by atoms with Crippen LogP contribution in [0.5, 0.6) is 0 Å². The molecular weight excluding hydrogens is 298 g/mol. The maximum atomic E-state index is 10.9. The number of H-pyrrole nitrogens is 1. The minimum Gasteiger partial charge on any atom is -0.389 e. The molecule has 5 heteroatoms. The molecule has 0 radical (unpaired) electrons. The molecule has 1 aromatic heterocycles. The van der Waals surface area contributed by atoms with Crippen LogP contribution in [0.3, 0.4) is 0 Å². The highest BCUT2D eigenvalue weighted by atomic mass is 32.2. The van der Waals surface area contributed by atoms with Crippen molar-refractivity contribution in [2.75, 3.05) is 5.75 Å². The molecule has 3 aromatic rings. The number of aromatic amines is 1. The largest absolute Gasteiger partial charge is 0.389 e. The average Bonchev–Trinajstić information content (AvgIpc) is 2.89. The zero-order chi connectivity index (χ0) is 15.7. The highest BCUT2D eigenvalue weighted by Crippen LogP contribution is 2.29. The Morgan fingerprint density at radius 1 is 1.14 bits per heavy atom. The molecule has 0 aliphatic heterocycles. The molecule has 2 unspecified atom stereocenters. The van der Waals surface area contributed by atoms with Crippen molar-refractivity contribution in [3.8, 4) is 0 Å². The molecule has 0 saturated heterocycles. The van der Waals surface area contributed by atoms with Gasteiger partial charge in [-0.2, -0.15) is 0 Å². The minimum atomic E-state index is -1.01. The van der Waals surface area contributed by atoms with E-state index in [0.29, 0.717) is 5.56 Å². The second-order valence-corrected chi connectivity index (χ2v) is 6.49. The van der Waals surface area contributed by atoms with E-state index in [1.165, 1.54) is 6.92 Å². The summed E-state index contributed by atoms with van der Waals surface area (Å²) < 4.78 is 0. The van der Waals surface area contributed by atoms with Crippen molar-refractivity contribution >= 4 is 38.7 Å². The number of thioether (sulfide) groups is 1. The third-order valence-electron chi connectivity index (χ3n) is 3.69. The van der Waals surface area contributed by atoms with E-state index in [1.54, 1.807) is 0 Å². The number of aliphatic hydroxyl groups is 2. The van der Waals surface area contributed by atoms with Crippen molar-refractivity contribution in [2.45, 2.75) is 19.1 Å². The molecule has 114 valence electrons. The summed E-state index contributed by atoms with van der Waals surface area (Å²) in [6.07, 6.45) is -1.99. The Morgan fingerprint density at radius 2 is 1.86 bits per heavy atom. The number of carbonyl (C=O) groups is 1. The zero-order valence-corrected chi connectivity index (χ0v) is 12.9. The van der Waals surface area contributed by atoms with E-state index in [-0.39, 0.29) is 10.9 Å². The van der Waals surface area contributed by atoms with Gasteiger partial charge in [-0.05, 0) is 17.7 Å². The predicted octanol–water partition coefficient (Wildman–Crippen LogP) is 3.00. The molecule has 3 N–H and O–H groups in total. The van der Waals surface area contributed by atoms with Crippen molar-refractivity contribution in [2.24, 2.45) is 0 Å². The first-order valence-corrected chi connectivity index (χ1v) is 8.04. The molecule has 0 bridgehead atoms. The lowest BCUT2D eigenvalue weighted by molar-refractivity contribution is -0.109. The van der Waals surface area contributed by atoms with Gasteiger partial charge in [-0.1, -0.05) is 42.1 Å². The first kappa shape index (κ1) is 15.1. The summed E-state index contributed by atoms with van der Waals surface area (Å²) in [6, 6.07) is 13.6. The summed E-state index contributed by atoms with van der Waals surface area (Å²) in [4.78, 5) is 14.3. The second-order valence-electron chi connectivity index (χ2n) is 5.29. The van der Waals surface area contributed by atoms with Gasteiger partial charge < -0.3 is 15.2 Å². The van der Waals surface area contributed by atoms with Gasteiger partial charge in [-0.15, -0.1) is 0 Å². The molecule has 0 aliphatic rings. The molecule has 0 fully saturated rings. The van der Waals surface area contributed by atoms with E-state index in [9.17, 15) is 15.0 Å². The lowest BCUT2D eigenvalue weighted by Crippen LogP contribution is -2.21. The van der Waals surface area contributed by atoms with Crippen LogP contribution in [0, 0.1) is 0 Å². The lowest BCUT2D eigenvalue weighted by Gasteiger charge is -2.17. The third kappa shape index (κ3) is 2.88. The molecule has 0 spiro atoms. The Labute approximate surface area is 132 Å². The number of benzene rings is 2. The number of aromatic nitrogens is 1. The van der Waals surface area contributed by atoms with Gasteiger partial charge in [0.05, 0.1) is 6.10 Å². The van der Waals surface area contributed by atoms with Crippen molar-refractivity contribution < 1.29 is 15.0 Å². The van der Waals surface area contributed by atoms with Crippen LogP contribution in [0.25, 0.3) is 21.8 Å². The summed E-state index contributed by atoms with van der Waals surface area (Å²) in [5.74, 6) is 0.182. The maximum absolute atomic E-state index is 10.9. The molecule has 1 heterocycles. The van der Waals surface area contributed by atoms with Crippen LogP contribution in [0.4, 0.5) is 0 Å². The van der Waals surface area contributed by atoms with Crippen LogP contribution < -0.4 is 0 Å². The zero-order valence-electron chi connectivity index (χ0n) is 12.1. The Morgan fingerprint density at radius 3 is 2.64 bits per heavy atom. The van der Waals surface area contributed by atoms with Crippen LogP contribution in [0.1, 0.15) is 18.6 Å². The molecule has 0 amide bonds. The van der Waals surface area contributed by atoms with Gasteiger partial charge in [0.15, 0.2) is 5.12 Å². The lowest BCUT2D eigenvalue weighted by atomic mass is 10.0. The Bertz CT molecular complexity index is 827. The van der Waals surface area contributed by atoms with E-state index in [1.807, 2.05) is 42.5 Å². The van der Waals surface area contributed by atoms with E-state index >= 15 is 0 Å². The molecule has 4 nitrogen and oxygen atoms in total. The number of nitrogens with one attached hydrogen (secondary N) is 1. The summed E-state index contributed by atoms with van der Waals surface area (Å²) in [6.45, 7) is 1.44. The van der Waals surface area contributed by atoms with Crippen LogP contribution in [0.15, 0.2) is 42.5 Å². The van der Waals surface area contributed by atoms with E-state index in [4.69, 9.17) is 0 Å². The number of hydrogen-bond donors (Lipinski definition) is 3. The molecule has 3 rings (SSSR count). The summed E-state index contributed by atoms with van der Waals surface area (Å²) in [5, 5.41) is 22.4. The quantitative estimate of drug-likeness (QED) is 0.692. The van der Waals surface area contributed by atoms with Gasteiger partial charge in [0.25, 0.3) is 0 Å². The number of hydrogen-bond acceptors (Lipinski definition) is 4. The third-order valence-corrected chi connectivity index (χ3v) is 4.61. The predicted molar refractivity (Wildman–Crippen MR) is 89.9 cm³/mol. The van der Waals surface area contributed by atoms with Crippen molar-refractivity contribution in [1.29, 1.82) is 0 Å². The van der Waals surface area contributed by atoms with Crippen molar-refractivity contribution in [1.82, 2.24) is 4.98 Å². The van der Waals surface area contributed by atoms with Gasteiger partial charge in [-0.3, -0.25) is 4.79 Å². The summed E-state index contributed by atoms with van der Waals surface area (Å²) in [7, 11) is 0. The fourth-order valence-electron chi connectivity index (χ4n) is 2.57. The normalized spacial score (nSPS) is 14.3. The molecular formula is C17H17NO3S. The maximum Gasteiger partial charge on any atom is 0.185 e. The Kier molecular flexibility index (Phi) is 4.20. The van der Waals surface area contributed by atoms with E-state index < -0.39 is 12.2 Å². The summed E-state index contributed by atoms with van der Waals surface area (Å²) in [5.41, 5.74) is 2.59. The van der Waals surface area contributed by atoms with Gasteiger partial charge in [0, 0.05) is 34.5 Å². The number of rotatable bonds is 4. The molecule has 0 saturated carbocycles. The van der Waals surface area contributed by atoms with E-state index in [0.717, 1.165) is 33.6 Å². The summed E-state index contributed by atoms with van der Waals surface area (Å²) >= 11 is 1.01. The first-order chi connectivity index (χ1) is 10.6. The first-order valence-electron chi connectivity index (χ1n) is 7.06. The van der Waals surface area contributed by atoms with Crippen LogP contribution >= 0.6 is 11.8 Å². The average molecular weight is 315 g/mol. The molecule has 2 atom stereocenters. The fraction of sp³-hybridized carbons (Fsp3) is 0.235. The standard InChI is InChI=1S/C17H17NO3S/c1-10(19)22-9-16(20)17(21)11-6-7-13-12-4-2-3-5-14(12)18-15(13)8-11/h2-8,16-18,20-21H,9H2,1H3. The van der Waals surface area contributed by atoms with Gasteiger partial charge >= 0.3 is 0 Å². The highest BCUT2D eigenvalue weighted by molar-refractivity contribution is 8.13. The molecule has 22 heavy (non-hydrogen) atoms. The second kappa shape index (κ2) is 6.12. The minimum absolute atomic E-state index is 0.0719. The monoisotopic (exact) mass is 315 g/mol. The fourth-order valence-corrected chi connectivity index (χ4v) is 3.16.